The van der Waals surface area contributed by atoms with E-state index >= 15 is 0 Å². The van der Waals surface area contributed by atoms with Crippen molar-refractivity contribution >= 4 is 22.5 Å². The molecule has 3 aromatic rings. The van der Waals surface area contributed by atoms with Crippen LogP contribution < -0.4 is 5.32 Å². The Morgan fingerprint density at radius 2 is 1.92 bits per heavy atom. The van der Waals surface area contributed by atoms with E-state index in [9.17, 15) is 4.79 Å². The average Bonchev–Trinajstić information content (AvgIpc) is 3.08. The van der Waals surface area contributed by atoms with E-state index in [2.05, 4.69) is 32.4 Å². The Kier molecular flexibility index (Phi) is 4.67. The first-order valence-corrected chi connectivity index (χ1v) is 9.08. The van der Waals surface area contributed by atoms with Crippen molar-refractivity contribution in [1.29, 1.82) is 0 Å². The Labute approximate surface area is 152 Å². The minimum absolute atomic E-state index is 0.00200. The van der Waals surface area contributed by atoms with Crippen molar-refractivity contribution in [2.45, 2.75) is 19.3 Å². The van der Waals surface area contributed by atoms with Crippen LogP contribution in [0.4, 0.5) is 5.82 Å². The molecule has 1 amide bonds. The number of fused-ring (bicyclic) bond motifs is 1. The fourth-order valence-electron chi connectivity index (χ4n) is 3.46. The first-order valence-electron chi connectivity index (χ1n) is 9.08. The zero-order chi connectivity index (χ0) is 17.9. The Morgan fingerprint density at radius 1 is 1.08 bits per heavy atom. The van der Waals surface area contributed by atoms with Crippen molar-refractivity contribution in [3.05, 3.63) is 42.9 Å². The fraction of sp³-hybridized carbons (Fsp3) is 0.350. The van der Waals surface area contributed by atoms with E-state index in [0.29, 0.717) is 12.4 Å². The standard InChI is InChI=1S/C20H23N5O/c1-24-13-18(12-22-24)15-5-6-16-11-21-19(10-17(16)9-15)23-20(26)14-25-7-3-2-4-8-25/h5-6,9-13H,2-4,7-8,14H2,1H3,(H,21,23,26). The number of likely N-dealkylation sites (tertiary alicyclic amines) is 1. The molecule has 1 fully saturated rings. The van der Waals surface area contributed by atoms with Crippen LogP contribution in [-0.4, -0.2) is 45.2 Å². The topological polar surface area (TPSA) is 63.1 Å². The second kappa shape index (κ2) is 7.25. The maximum absolute atomic E-state index is 12.3. The molecular formula is C20H23N5O. The number of rotatable bonds is 4. The van der Waals surface area contributed by atoms with Gasteiger partial charge >= 0.3 is 0 Å². The lowest BCUT2D eigenvalue weighted by molar-refractivity contribution is -0.117. The molecule has 26 heavy (non-hydrogen) atoms. The minimum atomic E-state index is 0.00200. The minimum Gasteiger partial charge on any atom is -0.310 e. The van der Waals surface area contributed by atoms with E-state index in [1.807, 2.05) is 31.6 Å². The molecular weight excluding hydrogens is 326 g/mol. The third-order valence-corrected chi connectivity index (χ3v) is 4.84. The summed E-state index contributed by atoms with van der Waals surface area (Å²) in [4.78, 5) is 18.9. The van der Waals surface area contributed by atoms with E-state index in [1.165, 1.54) is 19.3 Å². The van der Waals surface area contributed by atoms with Gasteiger partial charge in [-0.2, -0.15) is 5.10 Å². The van der Waals surface area contributed by atoms with Gasteiger partial charge in [0.2, 0.25) is 5.91 Å². The van der Waals surface area contributed by atoms with Crippen molar-refractivity contribution < 1.29 is 4.79 Å². The molecule has 1 aliphatic heterocycles. The largest absolute Gasteiger partial charge is 0.310 e. The van der Waals surface area contributed by atoms with Gasteiger partial charge in [-0.25, -0.2) is 4.98 Å². The molecule has 0 spiro atoms. The summed E-state index contributed by atoms with van der Waals surface area (Å²) < 4.78 is 1.79. The van der Waals surface area contributed by atoms with Gasteiger partial charge in [0.25, 0.3) is 0 Å². The van der Waals surface area contributed by atoms with E-state index in [-0.39, 0.29) is 5.91 Å². The molecule has 134 valence electrons. The van der Waals surface area contributed by atoms with Crippen molar-refractivity contribution in [2.75, 3.05) is 25.0 Å². The summed E-state index contributed by atoms with van der Waals surface area (Å²) in [6.07, 6.45) is 9.27. The highest BCUT2D eigenvalue weighted by molar-refractivity contribution is 5.94. The summed E-state index contributed by atoms with van der Waals surface area (Å²) in [6.45, 7) is 2.45. The van der Waals surface area contributed by atoms with Gasteiger partial charge < -0.3 is 5.32 Å². The zero-order valence-electron chi connectivity index (χ0n) is 15.0. The Morgan fingerprint density at radius 3 is 2.69 bits per heavy atom. The average molecular weight is 349 g/mol. The van der Waals surface area contributed by atoms with Crippen LogP contribution in [0.5, 0.6) is 0 Å². The number of amides is 1. The normalized spacial score (nSPS) is 15.3. The fourth-order valence-corrected chi connectivity index (χ4v) is 3.46. The predicted molar refractivity (Wildman–Crippen MR) is 103 cm³/mol. The number of anilines is 1. The summed E-state index contributed by atoms with van der Waals surface area (Å²) in [7, 11) is 1.91. The molecule has 0 bridgehead atoms. The molecule has 0 saturated carbocycles. The van der Waals surface area contributed by atoms with Gasteiger partial charge in [0, 0.05) is 30.4 Å². The smallest absolute Gasteiger partial charge is 0.239 e. The number of hydrogen-bond acceptors (Lipinski definition) is 4. The number of pyridine rings is 1. The number of nitrogens with zero attached hydrogens (tertiary/aromatic N) is 4. The van der Waals surface area contributed by atoms with E-state index in [0.717, 1.165) is 35.0 Å². The van der Waals surface area contributed by atoms with Crippen LogP contribution in [0.3, 0.4) is 0 Å². The summed E-state index contributed by atoms with van der Waals surface area (Å²) >= 11 is 0. The van der Waals surface area contributed by atoms with Crippen LogP contribution in [0.25, 0.3) is 21.9 Å². The van der Waals surface area contributed by atoms with Gasteiger partial charge in [-0.1, -0.05) is 18.6 Å². The second-order valence-corrected chi connectivity index (χ2v) is 6.92. The Bertz CT molecular complexity index is 927. The summed E-state index contributed by atoms with van der Waals surface area (Å²) in [5, 5.41) is 9.26. The molecule has 1 aromatic carbocycles. The number of aromatic nitrogens is 3. The SMILES string of the molecule is Cn1cc(-c2ccc3cnc(NC(=O)CN4CCCCC4)cc3c2)cn1. The lowest BCUT2D eigenvalue weighted by Crippen LogP contribution is -2.36. The number of piperidine rings is 1. The van der Waals surface area contributed by atoms with E-state index < -0.39 is 0 Å². The molecule has 6 heteroatoms. The zero-order valence-corrected chi connectivity index (χ0v) is 15.0. The highest BCUT2D eigenvalue weighted by atomic mass is 16.2. The van der Waals surface area contributed by atoms with Crippen LogP contribution in [0.2, 0.25) is 0 Å². The summed E-state index contributed by atoms with van der Waals surface area (Å²) in [6, 6.07) is 8.15. The van der Waals surface area contributed by atoms with Gasteiger partial charge in [0.05, 0.1) is 12.7 Å². The maximum Gasteiger partial charge on any atom is 0.239 e. The highest BCUT2D eigenvalue weighted by Crippen LogP contribution is 2.25. The quantitative estimate of drug-likeness (QED) is 0.786. The second-order valence-electron chi connectivity index (χ2n) is 6.92. The first-order chi connectivity index (χ1) is 12.7. The maximum atomic E-state index is 12.3. The number of benzene rings is 1. The van der Waals surface area contributed by atoms with Crippen LogP contribution in [0, 0.1) is 0 Å². The molecule has 3 heterocycles. The van der Waals surface area contributed by atoms with Gasteiger partial charge in [-0.3, -0.25) is 14.4 Å². The molecule has 0 aliphatic carbocycles. The molecule has 0 atom stereocenters. The van der Waals surface area contributed by atoms with Gasteiger partial charge in [0.1, 0.15) is 5.82 Å². The van der Waals surface area contributed by atoms with E-state index in [1.54, 1.807) is 10.9 Å². The molecule has 1 N–H and O–H groups in total. The molecule has 1 aliphatic rings. The van der Waals surface area contributed by atoms with Crippen molar-refractivity contribution in [3.8, 4) is 11.1 Å². The van der Waals surface area contributed by atoms with Crippen LogP contribution in [0.1, 0.15) is 19.3 Å². The highest BCUT2D eigenvalue weighted by Gasteiger charge is 2.14. The molecule has 0 radical (unpaired) electrons. The van der Waals surface area contributed by atoms with E-state index in [4.69, 9.17) is 0 Å². The monoisotopic (exact) mass is 349 g/mol. The number of nitrogens with one attached hydrogen (secondary N) is 1. The number of carbonyl (C=O) groups excluding carboxylic acids is 1. The van der Waals surface area contributed by atoms with Gasteiger partial charge in [-0.05, 0) is 49.0 Å². The number of carbonyl (C=O) groups is 1. The molecule has 6 nitrogen and oxygen atoms in total. The summed E-state index contributed by atoms with van der Waals surface area (Å²) in [5.74, 6) is 0.602. The number of aryl methyl sites for hydroxylation is 1. The third kappa shape index (κ3) is 3.75. The Hall–Kier alpha value is -2.73. The van der Waals surface area contributed by atoms with Crippen molar-refractivity contribution in [1.82, 2.24) is 19.7 Å². The molecule has 4 rings (SSSR count). The third-order valence-electron chi connectivity index (χ3n) is 4.84. The predicted octanol–water partition coefficient (Wildman–Crippen LogP) is 3.06. The number of hydrogen-bond donors (Lipinski definition) is 1. The van der Waals surface area contributed by atoms with Crippen molar-refractivity contribution in [3.63, 3.8) is 0 Å². The lowest BCUT2D eigenvalue weighted by Gasteiger charge is -2.25. The first kappa shape index (κ1) is 16.7. The van der Waals surface area contributed by atoms with Gasteiger partial charge in [-0.15, -0.1) is 0 Å². The molecule has 2 aromatic heterocycles. The van der Waals surface area contributed by atoms with Crippen molar-refractivity contribution in [2.24, 2.45) is 7.05 Å². The van der Waals surface area contributed by atoms with Crippen LogP contribution in [-0.2, 0) is 11.8 Å². The van der Waals surface area contributed by atoms with Crippen LogP contribution >= 0.6 is 0 Å². The molecule has 1 saturated heterocycles. The van der Waals surface area contributed by atoms with Gasteiger partial charge in [0.15, 0.2) is 0 Å². The molecule has 0 unspecified atom stereocenters. The Balaban J connectivity index is 1.51. The summed E-state index contributed by atoms with van der Waals surface area (Å²) in [5.41, 5.74) is 2.17. The van der Waals surface area contributed by atoms with Crippen LogP contribution in [0.15, 0.2) is 42.9 Å². The lowest BCUT2D eigenvalue weighted by atomic mass is 10.1.